The first kappa shape index (κ1) is 16.2. The summed E-state index contributed by atoms with van der Waals surface area (Å²) in [5.74, 6) is 3.90. The highest BCUT2D eigenvalue weighted by molar-refractivity contribution is 5.94. The van der Waals surface area contributed by atoms with Gasteiger partial charge in [0.05, 0.1) is 24.4 Å². The number of aromatic nitrogens is 2. The van der Waals surface area contributed by atoms with Crippen LogP contribution in [0.1, 0.15) is 12.0 Å². The molecule has 2 heterocycles. The molecule has 6 heteroatoms. The van der Waals surface area contributed by atoms with Crippen molar-refractivity contribution in [2.24, 2.45) is 0 Å². The van der Waals surface area contributed by atoms with E-state index in [1.54, 1.807) is 0 Å². The molecule has 0 saturated carbocycles. The summed E-state index contributed by atoms with van der Waals surface area (Å²) in [7, 11) is 0. The standard InChI is InChI=1S/C20H18N4O2/c1-2-13-4-3-5-14(8-13)24-20-16-9-17(21)19(10-18(16)22-12-23-20)26-15-6-7-25-11-15/h1,3-5,8-10,12,15H,6-7,11,21H2,(H,22,23,24)/t15-/m0/s1. The number of nitrogen functional groups attached to an aromatic ring is 1. The van der Waals surface area contributed by atoms with Crippen molar-refractivity contribution < 1.29 is 9.47 Å². The maximum Gasteiger partial charge on any atom is 0.144 e. The lowest BCUT2D eigenvalue weighted by atomic mass is 10.1. The third kappa shape index (κ3) is 3.25. The van der Waals surface area contributed by atoms with Gasteiger partial charge in [0.2, 0.25) is 0 Å². The molecule has 2 aromatic carbocycles. The molecule has 0 unspecified atom stereocenters. The van der Waals surface area contributed by atoms with Crippen LogP contribution in [-0.4, -0.2) is 29.3 Å². The first-order valence-electron chi connectivity index (χ1n) is 8.35. The summed E-state index contributed by atoms with van der Waals surface area (Å²) in [6, 6.07) is 11.2. The van der Waals surface area contributed by atoms with E-state index >= 15 is 0 Å². The molecule has 1 aliphatic rings. The van der Waals surface area contributed by atoms with Crippen LogP contribution in [0.2, 0.25) is 0 Å². The van der Waals surface area contributed by atoms with Gasteiger partial charge in [-0.05, 0) is 24.3 Å². The Labute approximate surface area is 151 Å². The molecule has 0 aliphatic carbocycles. The van der Waals surface area contributed by atoms with Crippen LogP contribution in [-0.2, 0) is 4.74 Å². The van der Waals surface area contributed by atoms with E-state index in [0.717, 1.165) is 28.6 Å². The maximum absolute atomic E-state index is 6.20. The van der Waals surface area contributed by atoms with Crippen LogP contribution in [0, 0.1) is 12.3 Å². The monoisotopic (exact) mass is 346 g/mol. The summed E-state index contributed by atoms with van der Waals surface area (Å²) < 4.78 is 11.3. The number of benzene rings is 2. The van der Waals surface area contributed by atoms with Gasteiger partial charge in [0.25, 0.3) is 0 Å². The second-order valence-corrected chi connectivity index (χ2v) is 6.08. The van der Waals surface area contributed by atoms with Crippen LogP contribution in [0.5, 0.6) is 5.75 Å². The maximum atomic E-state index is 6.20. The molecule has 0 spiro atoms. The lowest BCUT2D eigenvalue weighted by Crippen LogP contribution is -2.16. The van der Waals surface area contributed by atoms with E-state index in [2.05, 4.69) is 21.2 Å². The third-order valence-electron chi connectivity index (χ3n) is 4.24. The molecule has 1 saturated heterocycles. The molecule has 0 radical (unpaired) electrons. The number of hydrogen-bond acceptors (Lipinski definition) is 6. The predicted octanol–water partition coefficient (Wildman–Crippen LogP) is 3.10. The van der Waals surface area contributed by atoms with Crippen LogP contribution in [0.15, 0.2) is 42.7 Å². The Kier molecular flexibility index (Phi) is 4.30. The van der Waals surface area contributed by atoms with E-state index in [-0.39, 0.29) is 6.10 Å². The third-order valence-corrected chi connectivity index (χ3v) is 4.24. The van der Waals surface area contributed by atoms with Gasteiger partial charge in [-0.1, -0.05) is 12.0 Å². The Hall–Kier alpha value is -3.30. The molecule has 1 atom stereocenters. The molecule has 4 rings (SSSR count). The van der Waals surface area contributed by atoms with Crippen molar-refractivity contribution >= 4 is 28.1 Å². The van der Waals surface area contributed by atoms with Gasteiger partial charge in [-0.25, -0.2) is 9.97 Å². The number of anilines is 3. The second kappa shape index (κ2) is 6.90. The highest BCUT2D eigenvalue weighted by Crippen LogP contribution is 2.32. The van der Waals surface area contributed by atoms with Crippen LogP contribution >= 0.6 is 0 Å². The number of nitrogens with two attached hydrogens (primary N) is 1. The average molecular weight is 346 g/mol. The van der Waals surface area contributed by atoms with Crippen molar-refractivity contribution in [3.05, 3.63) is 48.3 Å². The zero-order chi connectivity index (χ0) is 17.9. The number of hydrogen-bond donors (Lipinski definition) is 2. The molecule has 0 amide bonds. The number of rotatable bonds is 4. The largest absolute Gasteiger partial charge is 0.486 e. The van der Waals surface area contributed by atoms with Gasteiger partial charge in [0.15, 0.2) is 0 Å². The minimum absolute atomic E-state index is 0.0284. The average Bonchev–Trinajstić information content (AvgIpc) is 3.16. The number of nitrogens with zero attached hydrogens (tertiary/aromatic N) is 2. The molecular formula is C20H18N4O2. The summed E-state index contributed by atoms with van der Waals surface area (Å²) in [5.41, 5.74) is 9.13. The van der Waals surface area contributed by atoms with Crippen molar-refractivity contribution in [1.82, 2.24) is 9.97 Å². The van der Waals surface area contributed by atoms with Crippen molar-refractivity contribution in [3.8, 4) is 18.1 Å². The normalized spacial score (nSPS) is 16.3. The second-order valence-electron chi connectivity index (χ2n) is 6.08. The Morgan fingerprint density at radius 3 is 3.00 bits per heavy atom. The smallest absolute Gasteiger partial charge is 0.144 e. The number of fused-ring (bicyclic) bond motifs is 1. The van der Waals surface area contributed by atoms with Crippen molar-refractivity contribution in [1.29, 1.82) is 0 Å². The van der Waals surface area contributed by atoms with Crippen molar-refractivity contribution in [3.63, 3.8) is 0 Å². The van der Waals surface area contributed by atoms with Crippen LogP contribution < -0.4 is 15.8 Å². The van der Waals surface area contributed by atoms with Gasteiger partial charge >= 0.3 is 0 Å². The van der Waals surface area contributed by atoms with Gasteiger partial charge in [0.1, 0.15) is 24.0 Å². The predicted molar refractivity (Wildman–Crippen MR) is 101 cm³/mol. The lowest BCUT2D eigenvalue weighted by molar-refractivity contribution is 0.142. The Bertz CT molecular complexity index is 991. The highest BCUT2D eigenvalue weighted by atomic mass is 16.5. The van der Waals surface area contributed by atoms with Crippen LogP contribution in [0.4, 0.5) is 17.2 Å². The molecule has 130 valence electrons. The Morgan fingerprint density at radius 1 is 1.27 bits per heavy atom. The molecule has 6 nitrogen and oxygen atoms in total. The minimum Gasteiger partial charge on any atom is -0.486 e. The summed E-state index contributed by atoms with van der Waals surface area (Å²) in [4.78, 5) is 8.68. The van der Waals surface area contributed by atoms with E-state index in [1.807, 2.05) is 36.4 Å². The van der Waals surface area contributed by atoms with Gasteiger partial charge in [0, 0.05) is 29.1 Å². The fourth-order valence-corrected chi connectivity index (χ4v) is 2.91. The van der Waals surface area contributed by atoms with Crippen molar-refractivity contribution in [2.45, 2.75) is 12.5 Å². The van der Waals surface area contributed by atoms with Gasteiger partial charge in [-0.3, -0.25) is 0 Å². The highest BCUT2D eigenvalue weighted by Gasteiger charge is 2.19. The molecule has 0 bridgehead atoms. The van der Waals surface area contributed by atoms with Crippen LogP contribution in [0.3, 0.4) is 0 Å². The minimum atomic E-state index is 0.0284. The molecular weight excluding hydrogens is 328 g/mol. The molecule has 3 N–H and O–H groups in total. The zero-order valence-corrected chi connectivity index (χ0v) is 14.1. The number of nitrogens with one attached hydrogen (secondary N) is 1. The number of ether oxygens (including phenoxy) is 2. The van der Waals surface area contributed by atoms with E-state index in [4.69, 9.17) is 21.6 Å². The lowest BCUT2D eigenvalue weighted by Gasteiger charge is -2.15. The topological polar surface area (TPSA) is 82.3 Å². The molecule has 3 aromatic rings. The van der Waals surface area contributed by atoms with Gasteiger partial charge in [-0.15, -0.1) is 6.42 Å². The summed E-state index contributed by atoms with van der Waals surface area (Å²) >= 11 is 0. The number of terminal acetylenes is 1. The molecule has 1 aromatic heterocycles. The summed E-state index contributed by atoms with van der Waals surface area (Å²) in [6.45, 7) is 1.30. The van der Waals surface area contributed by atoms with Crippen molar-refractivity contribution in [2.75, 3.05) is 24.3 Å². The fraction of sp³-hybridized carbons (Fsp3) is 0.200. The van der Waals surface area contributed by atoms with E-state index in [1.165, 1.54) is 6.33 Å². The molecule has 1 fully saturated rings. The van der Waals surface area contributed by atoms with E-state index in [0.29, 0.717) is 30.5 Å². The Morgan fingerprint density at radius 2 is 2.19 bits per heavy atom. The molecule has 26 heavy (non-hydrogen) atoms. The van der Waals surface area contributed by atoms with Gasteiger partial charge in [-0.2, -0.15) is 0 Å². The van der Waals surface area contributed by atoms with Gasteiger partial charge < -0.3 is 20.5 Å². The fourth-order valence-electron chi connectivity index (χ4n) is 2.91. The van der Waals surface area contributed by atoms with Crippen LogP contribution in [0.25, 0.3) is 10.9 Å². The Balaban J connectivity index is 1.67. The summed E-state index contributed by atoms with van der Waals surface area (Å²) in [5, 5.41) is 4.09. The summed E-state index contributed by atoms with van der Waals surface area (Å²) in [6.07, 6.45) is 7.86. The van der Waals surface area contributed by atoms with E-state index < -0.39 is 0 Å². The zero-order valence-electron chi connectivity index (χ0n) is 14.1. The first-order chi connectivity index (χ1) is 12.7. The van der Waals surface area contributed by atoms with E-state index in [9.17, 15) is 0 Å². The first-order valence-corrected chi connectivity index (χ1v) is 8.35. The quantitative estimate of drug-likeness (QED) is 0.558. The SMILES string of the molecule is C#Cc1cccc(Nc2ncnc3cc(O[C@H]4CCOC4)c(N)cc23)c1. The molecule has 1 aliphatic heterocycles.